The molecule has 3 fully saturated rings. The summed E-state index contributed by atoms with van der Waals surface area (Å²) in [5, 5.41) is 0. The minimum atomic E-state index is -0.443. The van der Waals surface area contributed by atoms with E-state index in [0.717, 1.165) is 44.0 Å². The standard InChI is InChI=1S/C27H42N2O3.H2/c1-27(2,3)32-26(30)29-19-7-5-9-22(29)11-8-20-31-24-15-12-21(13-16-24)25-17-14-23-10-4-6-18-28(23)25;/h12-13,15-16,22-23,25H,4-11,14,17-20H2,1-3H3;1H. The van der Waals surface area contributed by atoms with E-state index in [1.54, 1.807) is 0 Å². The van der Waals surface area contributed by atoms with Crippen molar-refractivity contribution in [2.75, 3.05) is 19.7 Å². The van der Waals surface area contributed by atoms with E-state index in [-0.39, 0.29) is 13.6 Å². The summed E-state index contributed by atoms with van der Waals surface area (Å²) in [4.78, 5) is 17.3. The van der Waals surface area contributed by atoms with E-state index in [2.05, 4.69) is 29.2 Å². The molecule has 180 valence electrons. The maximum Gasteiger partial charge on any atom is 0.410 e. The summed E-state index contributed by atoms with van der Waals surface area (Å²) in [5.74, 6) is 0.953. The number of hydrogen-bond acceptors (Lipinski definition) is 4. The van der Waals surface area contributed by atoms with E-state index in [1.807, 2.05) is 25.7 Å². The first-order chi connectivity index (χ1) is 15.4. The van der Waals surface area contributed by atoms with E-state index in [1.165, 1.54) is 50.6 Å². The molecule has 1 amide bonds. The Hall–Kier alpha value is -1.75. The summed E-state index contributed by atoms with van der Waals surface area (Å²) in [6.45, 7) is 8.55. The summed E-state index contributed by atoms with van der Waals surface area (Å²) in [6, 6.07) is 10.5. The van der Waals surface area contributed by atoms with Crippen LogP contribution >= 0.6 is 0 Å². The van der Waals surface area contributed by atoms with Crippen LogP contribution in [0.25, 0.3) is 0 Å². The molecule has 0 aliphatic carbocycles. The second-order valence-corrected chi connectivity index (χ2v) is 10.9. The molecule has 5 nitrogen and oxygen atoms in total. The van der Waals surface area contributed by atoms with Gasteiger partial charge in [-0.15, -0.1) is 0 Å². The third-order valence-corrected chi connectivity index (χ3v) is 7.32. The van der Waals surface area contributed by atoms with Gasteiger partial charge in [-0.3, -0.25) is 4.90 Å². The normalized spacial score (nSPS) is 26.6. The number of benzene rings is 1. The first kappa shape index (κ1) is 23.4. The summed E-state index contributed by atoms with van der Waals surface area (Å²) in [6.07, 6.45) is 11.8. The Morgan fingerprint density at radius 1 is 1.00 bits per heavy atom. The van der Waals surface area contributed by atoms with Crippen molar-refractivity contribution in [3.05, 3.63) is 29.8 Å². The predicted molar refractivity (Wildman–Crippen MR) is 130 cm³/mol. The Bertz CT molecular complexity index is 749. The maximum absolute atomic E-state index is 12.6. The van der Waals surface area contributed by atoms with Crippen molar-refractivity contribution in [2.45, 2.75) is 109 Å². The van der Waals surface area contributed by atoms with Crippen LogP contribution in [-0.2, 0) is 4.74 Å². The Morgan fingerprint density at radius 2 is 1.75 bits per heavy atom. The number of carbonyl (C=O) groups excluding carboxylic acids is 1. The Morgan fingerprint density at radius 3 is 2.53 bits per heavy atom. The van der Waals surface area contributed by atoms with Gasteiger partial charge in [0.15, 0.2) is 0 Å². The van der Waals surface area contributed by atoms with Crippen LogP contribution in [0.3, 0.4) is 0 Å². The van der Waals surface area contributed by atoms with Crippen molar-refractivity contribution in [1.82, 2.24) is 9.80 Å². The lowest BCUT2D eigenvalue weighted by Gasteiger charge is -2.36. The summed E-state index contributed by atoms with van der Waals surface area (Å²) in [5.41, 5.74) is 0.999. The van der Waals surface area contributed by atoms with Gasteiger partial charge in [-0.1, -0.05) is 18.6 Å². The van der Waals surface area contributed by atoms with Gasteiger partial charge in [0, 0.05) is 26.1 Å². The zero-order valence-electron chi connectivity index (χ0n) is 20.4. The number of amides is 1. The van der Waals surface area contributed by atoms with Gasteiger partial charge in [-0.25, -0.2) is 4.79 Å². The van der Waals surface area contributed by atoms with E-state index in [0.29, 0.717) is 12.6 Å². The molecule has 1 aromatic rings. The molecule has 3 aliphatic heterocycles. The van der Waals surface area contributed by atoms with Crippen molar-refractivity contribution in [1.29, 1.82) is 0 Å². The average molecular weight is 445 g/mol. The molecule has 32 heavy (non-hydrogen) atoms. The molecular formula is C27H44N2O3. The number of ether oxygens (including phenoxy) is 2. The Balaban J connectivity index is 0.00000306. The number of carbonyl (C=O) groups is 1. The molecule has 5 heteroatoms. The highest BCUT2D eigenvalue weighted by Crippen LogP contribution is 2.40. The second kappa shape index (κ2) is 10.5. The molecule has 0 spiro atoms. The predicted octanol–water partition coefficient (Wildman–Crippen LogP) is 6.57. The number of piperidine rings is 2. The van der Waals surface area contributed by atoms with Crippen LogP contribution < -0.4 is 4.74 Å². The van der Waals surface area contributed by atoms with Crippen molar-refractivity contribution in [2.24, 2.45) is 0 Å². The van der Waals surface area contributed by atoms with Gasteiger partial charge in [0.05, 0.1) is 6.61 Å². The van der Waals surface area contributed by atoms with Crippen LogP contribution in [-0.4, -0.2) is 53.3 Å². The van der Waals surface area contributed by atoms with Crippen LogP contribution in [0.1, 0.15) is 98.0 Å². The minimum Gasteiger partial charge on any atom is -0.494 e. The second-order valence-electron chi connectivity index (χ2n) is 10.9. The fraction of sp³-hybridized carbons (Fsp3) is 0.741. The minimum absolute atomic E-state index is 0. The monoisotopic (exact) mass is 444 g/mol. The number of fused-ring (bicyclic) bond motifs is 1. The third kappa shape index (κ3) is 5.98. The quantitative estimate of drug-likeness (QED) is 0.465. The van der Waals surface area contributed by atoms with Gasteiger partial charge >= 0.3 is 6.09 Å². The summed E-state index contributed by atoms with van der Waals surface area (Å²) in [7, 11) is 0. The van der Waals surface area contributed by atoms with Gasteiger partial charge in [0.25, 0.3) is 0 Å². The SMILES string of the molecule is CC(C)(C)OC(=O)N1CCCCC1CCCOc1ccc(C2CCC3CCCCN32)cc1.[HH]. The summed E-state index contributed by atoms with van der Waals surface area (Å²) >= 11 is 0. The van der Waals surface area contributed by atoms with E-state index < -0.39 is 5.60 Å². The zero-order chi connectivity index (χ0) is 22.6. The van der Waals surface area contributed by atoms with Crippen LogP contribution in [0.15, 0.2) is 24.3 Å². The lowest BCUT2D eigenvalue weighted by atomic mass is 9.98. The molecule has 3 heterocycles. The molecule has 4 rings (SSSR count). The van der Waals surface area contributed by atoms with Crippen molar-refractivity contribution < 1.29 is 15.7 Å². The smallest absolute Gasteiger partial charge is 0.410 e. The molecule has 3 saturated heterocycles. The van der Waals surface area contributed by atoms with Gasteiger partial charge < -0.3 is 14.4 Å². The highest BCUT2D eigenvalue weighted by molar-refractivity contribution is 5.68. The number of hydrogen-bond donors (Lipinski definition) is 0. The topological polar surface area (TPSA) is 42.0 Å². The van der Waals surface area contributed by atoms with Crippen LogP contribution in [0.2, 0.25) is 0 Å². The first-order valence-electron chi connectivity index (χ1n) is 12.9. The average Bonchev–Trinajstić information content (AvgIpc) is 3.20. The van der Waals surface area contributed by atoms with Gasteiger partial charge in [-0.05, 0) is 103 Å². The molecule has 3 aliphatic rings. The van der Waals surface area contributed by atoms with E-state index in [9.17, 15) is 4.79 Å². The van der Waals surface area contributed by atoms with E-state index in [4.69, 9.17) is 9.47 Å². The van der Waals surface area contributed by atoms with Crippen molar-refractivity contribution >= 4 is 6.09 Å². The number of nitrogens with zero attached hydrogens (tertiary/aromatic N) is 2. The number of rotatable bonds is 6. The van der Waals surface area contributed by atoms with Crippen molar-refractivity contribution in [3.8, 4) is 5.75 Å². The lowest BCUT2D eigenvalue weighted by Crippen LogP contribution is -2.46. The van der Waals surface area contributed by atoms with Gasteiger partial charge in [-0.2, -0.15) is 0 Å². The molecule has 3 unspecified atom stereocenters. The molecule has 1 aromatic carbocycles. The van der Waals surface area contributed by atoms with Crippen molar-refractivity contribution in [3.63, 3.8) is 0 Å². The lowest BCUT2D eigenvalue weighted by molar-refractivity contribution is 0.00824. The molecular weight excluding hydrogens is 400 g/mol. The molecule has 0 N–H and O–H groups in total. The Labute approximate surface area is 195 Å². The maximum atomic E-state index is 12.6. The summed E-state index contributed by atoms with van der Waals surface area (Å²) < 4.78 is 11.7. The molecule has 0 radical (unpaired) electrons. The zero-order valence-corrected chi connectivity index (χ0v) is 20.4. The third-order valence-electron chi connectivity index (χ3n) is 7.32. The largest absolute Gasteiger partial charge is 0.494 e. The fourth-order valence-electron chi connectivity index (χ4n) is 5.77. The van der Waals surface area contributed by atoms with Crippen LogP contribution in [0, 0.1) is 0 Å². The highest BCUT2D eigenvalue weighted by Gasteiger charge is 2.35. The van der Waals surface area contributed by atoms with Crippen LogP contribution in [0.4, 0.5) is 4.79 Å². The first-order valence-corrected chi connectivity index (χ1v) is 12.9. The highest BCUT2D eigenvalue weighted by atomic mass is 16.6. The molecule has 0 bridgehead atoms. The van der Waals surface area contributed by atoms with Gasteiger partial charge in [0.2, 0.25) is 0 Å². The van der Waals surface area contributed by atoms with Crippen LogP contribution in [0.5, 0.6) is 5.75 Å². The molecule has 3 atom stereocenters. The van der Waals surface area contributed by atoms with Gasteiger partial charge in [0.1, 0.15) is 11.4 Å². The van der Waals surface area contributed by atoms with E-state index >= 15 is 0 Å². The molecule has 0 saturated carbocycles. The fourth-order valence-corrected chi connectivity index (χ4v) is 5.77. The Kier molecular flexibility index (Phi) is 7.65. The molecule has 0 aromatic heterocycles. The number of likely N-dealkylation sites (tertiary alicyclic amines) is 1.